The van der Waals surface area contributed by atoms with Crippen LogP contribution in [0.4, 0.5) is 0 Å². The molecule has 126 valence electrons. The maximum Gasteiger partial charge on any atom is 0.0192 e. The van der Waals surface area contributed by atoms with Crippen LogP contribution in [0.25, 0.3) is 0 Å². The molecule has 21 heavy (non-hydrogen) atoms. The Morgan fingerprint density at radius 2 is 1.33 bits per heavy atom. The smallest absolute Gasteiger partial charge is 0.0192 e. The van der Waals surface area contributed by atoms with Crippen molar-refractivity contribution in [3.8, 4) is 0 Å². The first-order chi connectivity index (χ1) is 10.3. The highest BCUT2D eigenvalue weighted by atomic mass is 15.1. The summed E-state index contributed by atoms with van der Waals surface area (Å²) in [6.45, 7) is 13.0. The molecule has 0 spiro atoms. The predicted octanol–water partition coefficient (Wildman–Crippen LogP) is 6.59. The first-order valence-electron chi connectivity index (χ1n) is 9.68. The minimum Gasteiger partial charge on any atom is -0.299 e. The fourth-order valence-electron chi connectivity index (χ4n) is 2.69. The fraction of sp³-hybridized carbons (Fsp3) is 0.900. The van der Waals surface area contributed by atoms with Crippen LogP contribution in [0.5, 0.6) is 0 Å². The van der Waals surface area contributed by atoms with Crippen LogP contribution in [0, 0.1) is 0 Å². The van der Waals surface area contributed by atoms with Gasteiger partial charge in [-0.15, -0.1) is 0 Å². The highest BCUT2D eigenvalue weighted by molar-refractivity contribution is 5.04. The molecule has 0 aromatic carbocycles. The molecule has 0 aliphatic carbocycles. The Hall–Kier alpha value is -0.300. The van der Waals surface area contributed by atoms with E-state index in [1.165, 1.54) is 90.3 Å². The monoisotopic (exact) mass is 295 g/mol. The average molecular weight is 296 g/mol. The third-order valence-corrected chi connectivity index (χ3v) is 4.16. The van der Waals surface area contributed by atoms with Crippen LogP contribution in [0.3, 0.4) is 0 Å². The number of hydrogen-bond acceptors (Lipinski definition) is 1. The summed E-state index contributed by atoms with van der Waals surface area (Å²) >= 11 is 0. The van der Waals surface area contributed by atoms with Crippen LogP contribution in [-0.2, 0) is 0 Å². The van der Waals surface area contributed by atoms with Crippen molar-refractivity contribution >= 4 is 0 Å². The third-order valence-electron chi connectivity index (χ3n) is 4.16. The highest BCUT2D eigenvalue weighted by Gasteiger charge is 2.07. The first kappa shape index (κ1) is 20.7. The van der Waals surface area contributed by atoms with E-state index in [0.29, 0.717) is 0 Å². The van der Waals surface area contributed by atoms with Crippen LogP contribution in [-0.4, -0.2) is 24.5 Å². The van der Waals surface area contributed by atoms with Crippen molar-refractivity contribution < 1.29 is 0 Å². The molecule has 0 amide bonds. The van der Waals surface area contributed by atoms with Gasteiger partial charge < -0.3 is 0 Å². The Morgan fingerprint density at radius 1 is 0.714 bits per heavy atom. The Kier molecular flexibility index (Phi) is 15.8. The van der Waals surface area contributed by atoms with Crippen LogP contribution >= 0.6 is 0 Å². The summed E-state index contributed by atoms with van der Waals surface area (Å²) in [5.41, 5.74) is 1.71. The Bertz CT molecular complexity index is 224. The zero-order valence-electron chi connectivity index (χ0n) is 15.4. The molecule has 1 heteroatoms. The first-order valence-corrected chi connectivity index (χ1v) is 9.68. The summed E-state index contributed by atoms with van der Waals surface area (Å²) in [6.07, 6.45) is 17.3. The second-order valence-corrected chi connectivity index (χ2v) is 6.44. The van der Waals surface area contributed by atoms with E-state index < -0.39 is 0 Å². The molecule has 0 aliphatic rings. The number of allylic oxidation sites excluding steroid dienone is 1. The molecular weight excluding hydrogens is 254 g/mol. The molecule has 0 saturated heterocycles. The van der Waals surface area contributed by atoms with Gasteiger partial charge in [0, 0.05) is 6.54 Å². The molecule has 0 unspecified atom stereocenters. The van der Waals surface area contributed by atoms with E-state index in [2.05, 4.69) is 38.7 Å². The lowest BCUT2D eigenvalue weighted by molar-refractivity contribution is 0.283. The maximum absolute atomic E-state index is 2.70. The van der Waals surface area contributed by atoms with Gasteiger partial charge in [-0.2, -0.15) is 0 Å². The molecule has 0 aromatic heterocycles. The summed E-state index contributed by atoms with van der Waals surface area (Å²) in [5, 5.41) is 0. The molecule has 0 aromatic rings. The van der Waals surface area contributed by atoms with Gasteiger partial charge in [-0.1, -0.05) is 77.9 Å². The van der Waals surface area contributed by atoms with E-state index in [-0.39, 0.29) is 0 Å². The van der Waals surface area contributed by atoms with Crippen LogP contribution in [0.1, 0.15) is 98.3 Å². The van der Waals surface area contributed by atoms with E-state index in [1.807, 2.05) is 0 Å². The molecule has 0 heterocycles. The summed E-state index contributed by atoms with van der Waals surface area (Å²) in [7, 11) is 0. The normalized spacial score (nSPS) is 12.3. The Labute approximate surface area is 135 Å². The average Bonchev–Trinajstić information content (AvgIpc) is 2.51. The number of hydrogen-bond donors (Lipinski definition) is 0. The zero-order valence-corrected chi connectivity index (χ0v) is 15.4. The van der Waals surface area contributed by atoms with E-state index in [4.69, 9.17) is 0 Å². The minimum atomic E-state index is 1.23. The van der Waals surface area contributed by atoms with Gasteiger partial charge in [0.15, 0.2) is 0 Å². The van der Waals surface area contributed by atoms with Gasteiger partial charge >= 0.3 is 0 Å². The van der Waals surface area contributed by atoms with Crippen molar-refractivity contribution in [3.05, 3.63) is 11.6 Å². The number of rotatable bonds is 15. The van der Waals surface area contributed by atoms with Crippen molar-refractivity contribution in [1.29, 1.82) is 0 Å². The second-order valence-electron chi connectivity index (χ2n) is 6.44. The Balaban J connectivity index is 4.33. The van der Waals surface area contributed by atoms with E-state index in [9.17, 15) is 0 Å². The minimum absolute atomic E-state index is 1.23. The maximum atomic E-state index is 2.70. The molecule has 1 nitrogen and oxygen atoms in total. The van der Waals surface area contributed by atoms with E-state index >= 15 is 0 Å². The molecular formula is C20H41N. The molecule has 0 radical (unpaired) electrons. The quantitative estimate of drug-likeness (QED) is 0.243. The Morgan fingerprint density at radius 3 is 1.86 bits per heavy atom. The standard InChI is InChI=1S/C20H41N/c1-5-9-13-14-16-20(15-10-6-2)19-21(17-11-7-3)18-12-8-4/h15H,5-14,16-19H2,1-4H3/b20-15+. The topological polar surface area (TPSA) is 3.24 Å². The van der Waals surface area contributed by atoms with Crippen molar-refractivity contribution in [3.63, 3.8) is 0 Å². The molecule has 0 saturated carbocycles. The number of nitrogens with zero attached hydrogens (tertiary/aromatic N) is 1. The van der Waals surface area contributed by atoms with Crippen LogP contribution < -0.4 is 0 Å². The summed E-state index contributed by atoms with van der Waals surface area (Å²) < 4.78 is 0. The van der Waals surface area contributed by atoms with E-state index in [1.54, 1.807) is 5.57 Å². The third kappa shape index (κ3) is 13.1. The fourth-order valence-corrected chi connectivity index (χ4v) is 2.69. The number of unbranched alkanes of at least 4 members (excludes halogenated alkanes) is 6. The molecule has 0 N–H and O–H groups in total. The van der Waals surface area contributed by atoms with Gasteiger partial charge in [0.1, 0.15) is 0 Å². The van der Waals surface area contributed by atoms with Crippen molar-refractivity contribution in [1.82, 2.24) is 4.90 Å². The summed E-state index contributed by atoms with van der Waals surface area (Å²) in [5.74, 6) is 0. The van der Waals surface area contributed by atoms with Crippen molar-refractivity contribution in [2.24, 2.45) is 0 Å². The van der Waals surface area contributed by atoms with Gasteiger partial charge in [-0.05, 0) is 45.2 Å². The lowest BCUT2D eigenvalue weighted by Crippen LogP contribution is -2.28. The lowest BCUT2D eigenvalue weighted by atomic mass is 10.0. The molecule has 0 atom stereocenters. The van der Waals surface area contributed by atoms with Gasteiger partial charge in [0.05, 0.1) is 0 Å². The SMILES string of the molecule is CCC/C=C(\CCCCCC)CN(CCCC)CCCC. The van der Waals surface area contributed by atoms with Gasteiger partial charge in [-0.25, -0.2) is 0 Å². The molecule has 0 bridgehead atoms. The summed E-state index contributed by atoms with van der Waals surface area (Å²) in [6, 6.07) is 0. The van der Waals surface area contributed by atoms with Gasteiger partial charge in [-0.3, -0.25) is 4.90 Å². The summed E-state index contributed by atoms with van der Waals surface area (Å²) in [4.78, 5) is 2.70. The molecule has 0 fully saturated rings. The largest absolute Gasteiger partial charge is 0.299 e. The molecule has 0 rings (SSSR count). The second kappa shape index (κ2) is 16.1. The van der Waals surface area contributed by atoms with Gasteiger partial charge in [0.2, 0.25) is 0 Å². The van der Waals surface area contributed by atoms with Crippen LogP contribution in [0.15, 0.2) is 11.6 Å². The van der Waals surface area contributed by atoms with Gasteiger partial charge in [0.25, 0.3) is 0 Å². The predicted molar refractivity (Wildman–Crippen MR) is 98.0 cm³/mol. The van der Waals surface area contributed by atoms with Crippen LogP contribution in [0.2, 0.25) is 0 Å². The van der Waals surface area contributed by atoms with Crippen molar-refractivity contribution in [2.75, 3.05) is 19.6 Å². The highest BCUT2D eigenvalue weighted by Crippen LogP contribution is 2.14. The van der Waals surface area contributed by atoms with E-state index in [0.717, 1.165) is 0 Å². The zero-order chi connectivity index (χ0) is 15.8. The molecule has 0 aliphatic heterocycles. The lowest BCUT2D eigenvalue weighted by Gasteiger charge is -2.24. The van der Waals surface area contributed by atoms with Crippen molar-refractivity contribution in [2.45, 2.75) is 98.3 Å².